The van der Waals surface area contributed by atoms with Gasteiger partial charge in [-0.25, -0.2) is 8.78 Å². The molecule has 13 heteroatoms. The predicted molar refractivity (Wildman–Crippen MR) is 141 cm³/mol. The molecule has 7 N–H and O–H groups in total. The molecule has 2 aliphatic rings. The van der Waals surface area contributed by atoms with Crippen LogP contribution < -0.4 is 17.2 Å². The van der Waals surface area contributed by atoms with Gasteiger partial charge in [-0.3, -0.25) is 14.9 Å². The third-order valence-corrected chi connectivity index (χ3v) is 6.19. The van der Waals surface area contributed by atoms with Crippen molar-refractivity contribution in [3.05, 3.63) is 59.2 Å². The summed E-state index contributed by atoms with van der Waals surface area (Å²) in [6.45, 7) is 7.49. The Bertz CT molecular complexity index is 1210. The minimum absolute atomic E-state index is 0.170. The van der Waals surface area contributed by atoms with Crippen LogP contribution in [0.25, 0.3) is 0 Å². The molecule has 0 aliphatic carbocycles. The maximum absolute atomic E-state index is 13.6. The maximum Gasteiger partial charge on any atom is 0.175 e. The Labute approximate surface area is 219 Å². The highest BCUT2D eigenvalue weighted by molar-refractivity contribution is 5.70. The van der Waals surface area contributed by atoms with E-state index < -0.39 is 0 Å². The van der Waals surface area contributed by atoms with Crippen LogP contribution >= 0.6 is 0 Å². The van der Waals surface area contributed by atoms with E-state index in [1.165, 1.54) is 24.3 Å². The molecule has 0 atom stereocenters. The van der Waals surface area contributed by atoms with E-state index >= 15 is 0 Å². The summed E-state index contributed by atoms with van der Waals surface area (Å²) in [6.07, 6.45) is 0. The summed E-state index contributed by atoms with van der Waals surface area (Å²) in [5.41, 5.74) is 20.2. The number of azo groups is 1. The van der Waals surface area contributed by atoms with E-state index in [4.69, 9.17) is 26.7 Å². The molecule has 2 fully saturated rings. The molecule has 2 aromatic carbocycles. The van der Waals surface area contributed by atoms with Crippen LogP contribution in [-0.2, 0) is 22.6 Å². The number of aromatic amines is 1. The summed E-state index contributed by atoms with van der Waals surface area (Å²) in [5.74, 6) is -0.131. The number of nitrogens with zero attached hydrogens (tertiary/aromatic N) is 5. The molecule has 11 nitrogen and oxygen atoms in total. The van der Waals surface area contributed by atoms with E-state index in [0.717, 1.165) is 50.5 Å². The lowest BCUT2D eigenvalue weighted by atomic mass is 10.1. The van der Waals surface area contributed by atoms with Crippen molar-refractivity contribution in [2.24, 2.45) is 10.2 Å². The molecule has 2 saturated heterocycles. The van der Waals surface area contributed by atoms with E-state index in [2.05, 4.69) is 30.2 Å². The molecule has 1 aromatic heterocycles. The lowest BCUT2D eigenvalue weighted by molar-refractivity contribution is 0.0341. The molecule has 204 valence electrons. The van der Waals surface area contributed by atoms with Gasteiger partial charge in [-0.1, -0.05) is 0 Å². The second-order valence-electron chi connectivity index (χ2n) is 8.96. The van der Waals surface area contributed by atoms with Gasteiger partial charge in [0.25, 0.3) is 0 Å². The zero-order chi connectivity index (χ0) is 26.9. The Balaban J connectivity index is 0.000000194. The van der Waals surface area contributed by atoms with Crippen molar-refractivity contribution < 1.29 is 18.3 Å². The maximum atomic E-state index is 13.6. The van der Waals surface area contributed by atoms with E-state index in [0.29, 0.717) is 37.7 Å². The third kappa shape index (κ3) is 7.68. The van der Waals surface area contributed by atoms with Crippen LogP contribution in [0.3, 0.4) is 0 Å². The molecule has 0 radical (unpaired) electrons. The fraction of sp³-hybridized carbons (Fsp3) is 0.400. The number of hydrogen-bond donors (Lipinski definition) is 4. The van der Waals surface area contributed by atoms with Crippen molar-refractivity contribution in [2.75, 3.05) is 69.8 Å². The number of H-pyrrole nitrogens is 1. The van der Waals surface area contributed by atoms with Crippen molar-refractivity contribution in [1.29, 1.82) is 0 Å². The molecule has 38 heavy (non-hydrogen) atoms. The van der Waals surface area contributed by atoms with Crippen molar-refractivity contribution >= 4 is 28.7 Å². The third-order valence-electron chi connectivity index (χ3n) is 6.19. The Hall–Kier alpha value is -3.65. The van der Waals surface area contributed by atoms with E-state index in [1.807, 2.05) is 0 Å². The van der Waals surface area contributed by atoms with Gasteiger partial charge in [-0.05, 0) is 47.5 Å². The first-order chi connectivity index (χ1) is 18.4. The number of halogens is 2. The number of morpholine rings is 2. The predicted octanol–water partition coefficient (Wildman–Crippen LogP) is 3.20. The lowest BCUT2D eigenvalue weighted by Gasteiger charge is -2.27. The highest BCUT2D eigenvalue weighted by atomic mass is 19.1. The van der Waals surface area contributed by atoms with Crippen LogP contribution in [0.15, 0.2) is 46.6 Å². The molecular weight excluding hydrogens is 496 g/mol. The number of rotatable bonds is 6. The molecule has 0 unspecified atom stereocenters. The molecule has 2 aliphatic heterocycles. The zero-order valence-electron chi connectivity index (χ0n) is 21.1. The highest BCUT2D eigenvalue weighted by Crippen LogP contribution is 2.30. The fourth-order valence-corrected chi connectivity index (χ4v) is 4.06. The number of benzene rings is 2. The minimum Gasteiger partial charge on any atom is -0.398 e. The number of nitrogens with two attached hydrogens (primary N) is 3. The number of nitrogens with one attached hydrogen (secondary N) is 1. The van der Waals surface area contributed by atoms with Crippen LogP contribution in [0.2, 0.25) is 0 Å². The Morgan fingerprint density at radius 3 is 1.92 bits per heavy atom. The summed E-state index contributed by atoms with van der Waals surface area (Å²) in [5, 5.41) is 14.5. The lowest BCUT2D eigenvalue weighted by Crippen LogP contribution is -2.35. The summed E-state index contributed by atoms with van der Waals surface area (Å²) >= 11 is 0. The van der Waals surface area contributed by atoms with E-state index in [1.54, 1.807) is 12.1 Å². The van der Waals surface area contributed by atoms with Crippen LogP contribution in [0.1, 0.15) is 11.1 Å². The van der Waals surface area contributed by atoms with Gasteiger partial charge in [-0.15, -0.1) is 10.2 Å². The first-order valence-corrected chi connectivity index (χ1v) is 12.3. The first kappa shape index (κ1) is 27.4. The van der Waals surface area contributed by atoms with Crippen molar-refractivity contribution in [1.82, 2.24) is 20.0 Å². The Morgan fingerprint density at radius 2 is 1.34 bits per heavy atom. The van der Waals surface area contributed by atoms with Gasteiger partial charge < -0.3 is 26.7 Å². The van der Waals surface area contributed by atoms with Gasteiger partial charge in [0.1, 0.15) is 17.5 Å². The van der Waals surface area contributed by atoms with Gasteiger partial charge >= 0.3 is 0 Å². The van der Waals surface area contributed by atoms with Gasteiger partial charge in [0.2, 0.25) is 0 Å². The minimum atomic E-state index is -0.311. The number of ether oxygens (including phenoxy) is 2. The van der Waals surface area contributed by atoms with Gasteiger partial charge in [0.05, 0.1) is 32.1 Å². The summed E-state index contributed by atoms with van der Waals surface area (Å²) in [7, 11) is 0. The fourth-order valence-electron chi connectivity index (χ4n) is 4.06. The van der Waals surface area contributed by atoms with Crippen LogP contribution in [0, 0.1) is 11.6 Å². The topological polar surface area (TPSA) is 156 Å². The summed E-state index contributed by atoms with van der Waals surface area (Å²) in [4.78, 5) is 4.40. The summed E-state index contributed by atoms with van der Waals surface area (Å²) in [6, 6.07) is 8.90. The Morgan fingerprint density at radius 1 is 0.789 bits per heavy atom. The van der Waals surface area contributed by atoms with Gasteiger partial charge in [0, 0.05) is 45.0 Å². The van der Waals surface area contributed by atoms with E-state index in [9.17, 15) is 8.78 Å². The molecule has 3 heterocycles. The zero-order valence-corrected chi connectivity index (χ0v) is 21.1. The van der Waals surface area contributed by atoms with Crippen LogP contribution in [0.4, 0.5) is 37.5 Å². The van der Waals surface area contributed by atoms with Crippen molar-refractivity contribution in [3.63, 3.8) is 0 Å². The second kappa shape index (κ2) is 13.2. The molecule has 3 aromatic rings. The molecular formula is C25H33F2N9O2. The first-order valence-electron chi connectivity index (χ1n) is 12.3. The van der Waals surface area contributed by atoms with Crippen molar-refractivity contribution in [3.8, 4) is 0 Å². The molecule has 0 saturated carbocycles. The van der Waals surface area contributed by atoms with Gasteiger partial charge in [0.15, 0.2) is 11.5 Å². The smallest absolute Gasteiger partial charge is 0.175 e. The summed E-state index contributed by atoms with van der Waals surface area (Å²) < 4.78 is 37.1. The SMILES string of the molecule is Nc1ccc(F)cc1CN1CCOCC1.Nc1n[nH]c(N)c1N=Nc1ccc(F)cc1CN1CCOCC1. The molecule has 0 bridgehead atoms. The average Bonchev–Trinajstić information content (AvgIpc) is 3.24. The molecule has 5 rings (SSSR count). The average molecular weight is 530 g/mol. The largest absolute Gasteiger partial charge is 0.398 e. The normalized spacial score (nSPS) is 16.9. The number of nitrogen functional groups attached to an aromatic ring is 3. The monoisotopic (exact) mass is 529 g/mol. The number of hydrogen-bond acceptors (Lipinski definition) is 10. The van der Waals surface area contributed by atoms with Gasteiger partial charge in [-0.2, -0.15) is 5.10 Å². The molecule has 0 amide bonds. The number of anilines is 3. The van der Waals surface area contributed by atoms with E-state index in [-0.39, 0.29) is 29.0 Å². The van der Waals surface area contributed by atoms with Crippen LogP contribution in [0.5, 0.6) is 0 Å². The van der Waals surface area contributed by atoms with Crippen molar-refractivity contribution in [2.45, 2.75) is 13.1 Å². The molecule has 0 spiro atoms. The highest BCUT2D eigenvalue weighted by Gasteiger charge is 2.15. The Kier molecular flexibility index (Phi) is 9.54. The second-order valence-corrected chi connectivity index (χ2v) is 8.96. The van der Waals surface area contributed by atoms with Crippen LogP contribution in [-0.4, -0.2) is 72.6 Å². The number of aromatic nitrogens is 2. The standard InChI is InChI=1S/C14H18FN7O.C11H15FN2O/c15-10-1-2-11(18-19-12-13(16)20-21-14(12)17)9(7-10)8-22-3-5-23-6-4-22;12-10-1-2-11(13)9(7-10)8-14-3-5-15-6-4-14/h1-2,7H,3-6,8H2,(H5,16,17,20,21);1-2,7H,3-6,8,13H2. The quantitative estimate of drug-likeness (QED) is 0.280.